The highest BCUT2D eigenvalue weighted by atomic mass is 32.1. The summed E-state index contributed by atoms with van der Waals surface area (Å²) in [5.74, 6) is -2.08. The van der Waals surface area contributed by atoms with Crippen LogP contribution in [0.4, 0.5) is 14.5 Å². The van der Waals surface area contributed by atoms with E-state index in [9.17, 15) is 13.6 Å². The first kappa shape index (κ1) is 17.4. The van der Waals surface area contributed by atoms with E-state index in [2.05, 4.69) is 22.4 Å². The van der Waals surface area contributed by atoms with Crippen LogP contribution in [0.15, 0.2) is 22.1 Å². The Kier molecular flexibility index (Phi) is 5.23. The zero-order valence-corrected chi connectivity index (χ0v) is 14.3. The van der Waals surface area contributed by atoms with E-state index < -0.39 is 5.92 Å². The molecule has 2 heterocycles. The topological polar surface area (TPSA) is 37.6 Å². The van der Waals surface area contributed by atoms with Gasteiger partial charge < -0.3 is 4.57 Å². The monoisotopic (exact) mass is 353 g/mol. The fourth-order valence-electron chi connectivity index (χ4n) is 3.28. The Morgan fingerprint density at radius 1 is 1.38 bits per heavy atom. The molecule has 0 unspecified atom stereocenters. The van der Waals surface area contributed by atoms with E-state index in [-0.39, 0.29) is 18.5 Å². The molecule has 130 valence electrons. The van der Waals surface area contributed by atoms with E-state index in [1.54, 1.807) is 15.5 Å². The molecule has 4 nitrogen and oxygen atoms in total. The van der Waals surface area contributed by atoms with Crippen LogP contribution in [0.5, 0.6) is 0 Å². The van der Waals surface area contributed by atoms with Crippen LogP contribution in [-0.4, -0.2) is 40.2 Å². The first-order valence-electron chi connectivity index (χ1n) is 8.41. The van der Waals surface area contributed by atoms with Crippen molar-refractivity contribution in [1.29, 1.82) is 0 Å². The van der Waals surface area contributed by atoms with E-state index >= 15 is 0 Å². The van der Waals surface area contributed by atoms with Crippen molar-refractivity contribution >= 4 is 23.1 Å². The Hall–Kier alpha value is -1.43. The highest BCUT2D eigenvalue weighted by Crippen LogP contribution is 2.40. The number of halogens is 2. The van der Waals surface area contributed by atoms with Crippen LogP contribution in [0.25, 0.3) is 0 Å². The summed E-state index contributed by atoms with van der Waals surface area (Å²) < 4.78 is 28.5. The van der Waals surface area contributed by atoms with Gasteiger partial charge in [-0.1, -0.05) is 0 Å². The lowest BCUT2D eigenvalue weighted by Gasteiger charge is -2.32. The van der Waals surface area contributed by atoms with Gasteiger partial charge in [-0.15, -0.1) is 0 Å². The van der Waals surface area contributed by atoms with Gasteiger partial charge >= 0.3 is 0 Å². The summed E-state index contributed by atoms with van der Waals surface area (Å²) in [4.78, 5) is 18.1. The number of aromatic nitrogens is 1. The molecule has 2 fully saturated rings. The van der Waals surface area contributed by atoms with E-state index in [0.717, 1.165) is 18.4 Å². The van der Waals surface area contributed by atoms with Gasteiger partial charge in [0.15, 0.2) is 0 Å². The highest BCUT2D eigenvalue weighted by Gasteiger charge is 2.34. The molecule has 3 rings (SSSR count). The number of aliphatic imine (C=N–C) groups is 1. The Labute approximate surface area is 145 Å². The van der Waals surface area contributed by atoms with E-state index in [0.29, 0.717) is 44.1 Å². The molecule has 1 aromatic rings. The fourth-order valence-corrected chi connectivity index (χ4v) is 3.38. The molecule has 0 radical (unpaired) electrons. The molecule has 1 aromatic heterocycles. The molecule has 7 heteroatoms. The van der Waals surface area contributed by atoms with Crippen LogP contribution in [0, 0.1) is 0 Å². The third-order valence-electron chi connectivity index (χ3n) is 4.65. The molecule has 24 heavy (non-hydrogen) atoms. The molecular weight excluding hydrogens is 332 g/mol. The number of alkyl halides is 2. The second-order valence-corrected chi connectivity index (χ2v) is 6.91. The van der Waals surface area contributed by atoms with Gasteiger partial charge in [0, 0.05) is 25.7 Å². The standard InChI is InChI=1S/C17H21F2N3OS/c18-17(19)5-1-6-21(11-17)7-2-8-22-10-14(13-3-4-13)9-15(16(22)23)20-12-24/h9-10,13H,1-8,11H2. The summed E-state index contributed by atoms with van der Waals surface area (Å²) in [5.41, 5.74) is 1.22. The molecule has 0 amide bonds. The average molecular weight is 353 g/mol. The van der Waals surface area contributed by atoms with Crippen LogP contribution in [0.1, 0.15) is 43.6 Å². The maximum atomic E-state index is 13.4. The molecule has 0 aromatic carbocycles. The zero-order chi connectivity index (χ0) is 17.2. The van der Waals surface area contributed by atoms with Crippen LogP contribution in [0.2, 0.25) is 0 Å². The van der Waals surface area contributed by atoms with Gasteiger partial charge in [-0.2, -0.15) is 4.99 Å². The maximum Gasteiger partial charge on any atom is 0.277 e. The smallest absolute Gasteiger partial charge is 0.277 e. The van der Waals surface area contributed by atoms with E-state index in [1.165, 1.54) is 0 Å². The van der Waals surface area contributed by atoms with Crippen LogP contribution in [-0.2, 0) is 6.54 Å². The number of likely N-dealkylation sites (tertiary alicyclic amines) is 1. The van der Waals surface area contributed by atoms with E-state index in [4.69, 9.17) is 0 Å². The summed E-state index contributed by atoms with van der Waals surface area (Å²) >= 11 is 4.61. The molecule has 1 saturated heterocycles. The van der Waals surface area contributed by atoms with Crippen molar-refractivity contribution in [2.45, 2.75) is 50.5 Å². The second kappa shape index (κ2) is 7.21. The minimum Gasteiger partial charge on any atom is -0.313 e. The van der Waals surface area contributed by atoms with Crippen molar-refractivity contribution in [1.82, 2.24) is 9.47 Å². The predicted molar refractivity (Wildman–Crippen MR) is 92.6 cm³/mol. The quantitative estimate of drug-likeness (QED) is 0.579. The fraction of sp³-hybridized carbons (Fsp3) is 0.647. The highest BCUT2D eigenvalue weighted by molar-refractivity contribution is 7.78. The van der Waals surface area contributed by atoms with E-state index in [1.807, 2.05) is 6.20 Å². The first-order valence-corrected chi connectivity index (χ1v) is 8.82. The lowest BCUT2D eigenvalue weighted by Crippen LogP contribution is -2.43. The molecular formula is C17H21F2N3OS. The molecule has 1 aliphatic carbocycles. The average Bonchev–Trinajstić information content (AvgIpc) is 3.35. The third kappa shape index (κ3) is 4.35. The zero-order valence-electron chi connectivity index (χ0n) is 13.5. The number of nitrogens with zero attached hydrogens (tertiary/aromatic N) is 3. The van der Waals surface area contributed by atoms with Gasteiger partial charge in [0.25, 0.3) is 11.5 Å². The van der Waals surface area contributed by atoms with Gasteiger partial charge in [-0.05, 0) is 62.0 Å². The predicted octanol–water partition coefficient (Wildman–Crippen LogP) is 3.58. The molecule has 0 spiro atoms. The van der Waals surface area contributed by atoms with Gasteiger partial charge in [-0.25, -0.2) is 8.78 Å². The maximum absolute atomic E-state index is 13.4. The molecule has 1 saturated carbocycles. The number of rotatable bonds is 6. The lowest BCUT2D eigenvalue weighted by atomic mass is 10.1. The molecule has 0 bridgehead atoms. The minimum atomic E-state index is -2.58. The van der Waals surface area contributed by atoms with Crippen molar-refractivity contribution in [3.8, 4) is 0 Å². The van der Waals surface area contributed by atoms with Crippen molar-refractivity contribution < 1.29 is 8.78 Å². The number of piperidine rings is 1. The summed E-state index contributed by atoms with van der Waals surface area (Å²) in [6.45, 7) is 1.60. The van der Waals surface area contributed by atoms with Crippen molar-refractivity contribution in [2.24, 2.45) is 4.99 Å². The van der Waals surface area contributed by atoms with Crippen LogP contribution < -0.4 is 5.56 Å². The lowest BCUT2D eigenvalue weighted by molar-refractivity contribution is -0.0641. The number of aryl methyl sites for hydroxylation is 1. The number of hydrogen-bond donors (Lipinski definition) is 0. The van der Waals surface area contributed by atoms with Gasteiger partial charge in [-0.3, -0.25) is 9.69 Å². The third-order valence-corrected chi connectivity index (χ3v) is 4.74. The molecule has 0 N–H and O–H groups in total. The summed E-state index contributed by atoms with van der Waals surface area (Å²) in [7, 11) is 0. The van der Waals surface area contributed by atoms with Gasteiger partial charge in [0.1, 0.15) is 5.69 Å². The Morgan fingerprint density at radius 2 is 2.17 bits per heavy atom. The largest absolute Gasteiger partial charge is 0.313 e. The van der Waals surface area contributed by atoms with Crippen LogP contribution >= 0.6 is 12.2 Å². The molecule has 0 atom stereocenters. The summed E-state index contributed by atoms with van der Waals surface area (Å²) in [6.07, 6.45) is 5.30. The van der Waals surface area contributed by atoms with Gasteiger partial charge in [0.05, 0.1) is 11.7 Å². The Bertz CT molecular complexity index is 708. The second-order valence-electron chi connectivity index (χ2n) is 6.72. The number of hydrogen-bond acceptors (Lipinski definition) is 4. The summed E-state index contributed by atoms with van der Waals surface area (Å²) in [5, 5.41) is 2.26. The minimum absolute atomic E-state index is 0.0225. The number of pyridine rings is 1. The summed E-state index contributed by atoms with van der Waals surface area (Å²) in [6, 6.07) is 1.79. The molecule has 2 aliphatic rings. The number of isothiocyanates is 1. The first-order chi connectivity index (χ1) is 11.5. The Morgan fingerprint density at radius 3 is 2.83 bits per heavy atom. The van der Waals surface area contributed by atoms with Crippen molar-refractivity contribution in [3.05, 3.63) is 28.2 Å². The van der Waals surface area contributed by atoms with Gasteiger partial charge in [0.2, 0.25) is 0 Å². The van der Waals surface area contributed by atoms with Crippen molar-refractivity contribution in [3.63, 3.8) is 0 Å². The van der Waals surface area contributed by atoms with Crippen LogP contribution in [0.3, 0.4) is 0 Å². The normalized spacial score (nSPS) is 20.6. The molecule has 1 aliphatic heterocycles. The van der Waals surface area contributed by atoms with Crippen molar-refractivity contribution in [2.75, 3.05) is 19.6 Å². The SMILES string of the molecule is O=c1c(N=C=S)cc(C2CC2)cn1CCCN1CCCC(F)(F)C1. The Balaban J connectivity index is 1.66. The number of thiocarbonyl (C=S) groups is 1.